The average molecular weight is 516 g/mol. The normalized spacial score (nSPS) is 16.5. The fraction of sp³-hybridized carbons (Fsp3) is 0.500. The molecular formula is C28H41N3O4S. The molecule has 1 aliphatic heterocycles. The van der Waals surface area contributed by atoms with Crippen molar-refractivity contribution in [3.63, 3.8) is 0 Å². The maximum absolute atomic E-state index is 13.2. The summed E-state index contributed by atoms with van der Waals surface area (Å²) in [7, 11) is 0. The molecule has 2 rings (SSSR count). The molecule has 198 valence electrons. The van der Waals surface area contributed by atoms with E-state index in [1.807, 2.05) is 39.7 Å². The maximum atomic E-state index is 13.2. The minimum atomic E-state index is -0.555. The molecule has 0 aromatic carbocycles. The average Bonchev–Trinajstić information content (AvgIpc) is 3.40. The Labute approximate surface area is 221 Å². The van der Waals surface area contributed by atoms with Crippen molar-refractivity contribution in [1.29, 1.82) is 0 Å². The minimum Gasteiger partial charge on any atom is -0.367 e. The van der Waals surface area contributed by atoms with Crippen molar-refractivity contribution in [3.8, 4) is 0 Å². The number of aromatic amines is 1. The summed E-state index contributed by atoms with van der Waals surface area (Å²) < 4.78 is 5.92. The van der Waals surface area contributed by atoms with Gasteiger partial charge >= 0.3 is 0 Å². The molecule has 0 radical (unpaired) electrons. The van der Waals surface area contributed by atoms with E-state index in [2.05, 4.69) is 37.3 Å². The predicted molar refractivity (Wildman–Crippen MR) is 148 cm³/mol. The number of carbonyl (C=O) groups excluding carboxylic acids is 3. The number of nitrogens with zero attached hydrogens (tertiary/aromatic N) is 2. The molecule has 2 atom stereocenters. The summed E-state index contributed by atoms with van der Waals surface area (Å²) in [6.45, 7) is 19.0. The Morgan fingerprint density at radius 3 is 2.39 bits per heavy atom. The Kier molecular flexibility index (Phi) is 13.3. The number of carbonyl (C=O) groups is 2. The second-order valence-corrected chi connectivity index (χ2v) is 9.10. The van der Waals surface area contributed by atoms with Gasteiger partial charge in [0.2, 0.25) is 11.8 Å². The van der Waals surface area contributed by atoms with Crippen LogP contribution in [0.3, 0.4) is 0 Å². The van der Waals surface area contributed by atoms with Crippen molar-refractivity contribution in [2.24, 2.45) is 5.41 Å². The fourth-order valence-electron chi connectivity index (χ4n) is 4.30. The SMILES string of the molecule is C=CC(=C)C.C=CCC(C(=O)N(CC)CC(=O)N1C(=C=O)C(CC)(CC)C1OCCS)c1cc[nH]c1. The molecule has 1 fully saturated rings. The summed E-state index contributed by atoms with van der Waals surface area (Å²) in [6.07, 6.45) is 8.18. The van der Waals surface area contributed by atoms with Crippen LogP contribution in [0.4, 0.5) is 0 Å². The topological polar surface area (TPSA) is 82.7 Å². The molecule has 0 saturated carbocycles. The Bertz CT molecular complexity index is 946. The lowest BCUT2D eigenvalue weighted by Crippen LogP contribution is -2.66. The van der Waals surface area contributed by atoms with Crippen molar-refractivity contribution in [2.45, 2.75) is 59.1 Å². The first-order chi connectivity index (χ1) is 17.2. The maximum Gasteiger partial charge on any atom is 0.249 e. The van der Waals surface area contributed by atoms with Gasteiger partial charge in [-0.2, -0.15) is 12.6 Å². The summed E-state index contributed by atoms with van der Waals surface area (Å²) >= 11 is 4.19. The number of ether oxygens (including phenoxy) is 1. The van der Waals surface area contributed by atoms with Gasteiger partial charge in [0.15, 0.2) is 0 Å². The molecule has 8 heteroatoms. The first-order valence-corrected chi connectivity index (χ1v) is 13.0. The van der Waals surface area contributed by atoms with Gasteiger partial charge < -0.3 is 14.6 Å². The predicted octanol–water partition coefficient (Wildman–Crippen LogP) is 4.91. The molecule has 36 heavy (non-hydrogen) atoms. The highest BCUT2D eigenvalue weighted by molar-refractivity contribution is 7.80. The molecule has 1 aromatic rings. The van der Waals surface area contributed by atoms with E-state index in [9.17, 15) is 14.4 Å². The second-order valence-electron chi connectivity index (χ2n) is 8.65. The van der Waals surface area contributed by atoms with E-state index < -0.39 is 17.6 Å². The van der Waals surface area contributed by atoms with E-state index in [4.69, 9.17) is 4.74 Å². The van der Waals surface area contributed by atoms with Gasteiger partial charge in [0, 0.05) is 24.7 Å². The molecule has 2 heterocycles. The summed E-state index contributed by atoms with van der Waals surface area (Å²) in [5.74, 6) is 1.55. The lowest BCUT2D eigenvalue weighted by molar-refractivity contribution is -0.193. The number of aromatic nitrogens is 1. The summed E-state index contributed by atoms with van der Waals surface area (Å²) in [5, 5.41) is 0. The molecule has 1 aliphatic rings. The third-order valence-corrected chi connectivity index (χ3v) is 6.69. The molecule has 1 aromatic heterocycles. The Morgan fingerprint density at radius 1 is 1.33 bits per heavy atom. The quantitative estimate of drug-likeness (QED) is 0.169. The van der Waals surface area contributed by atoms with Crippen LogP contribution in [-0.2, 0) is 19.1 Å². The number of hydrogen-bond donors (Lipinski definition) is 2. The largest absolute Gasteiger partial charge is 0.367 e. The Morgan fingerprint density at radius 2 is 1.97 bits per heavy atom. The van der Waals surface area contributed by atoms with E-state index in [0.29, 0.717) is 43.9 Å². The number of likely N-dealkylation sites (tertiary alicyclic amines) is 1. The van der Waals surface area contributed by atoms with Gasteiger partial charge in [0.05, 0.1) is 17.9 Å². The van der Waals surface area contributed by atoms with Crippen molar-refractivity contribution in [2.75, 3.05) is 25.4 Å². The highest BCUT2D eigenvalue weighted by atomic mass is 32.1. The summed E-state index contributed by atoms with van der Waals surface area (Å²) in [5.41, 5.74) is 1.63. The van der Waals surface area contributed by atoms with E-state index >= 15 is 0 Å². The molecule has 1 N–H and O–H groups in total. The number of allylic oxidation sites excluding steroid dienone is 3. The molecule has 0 spiro atoms. The number of rotatable bonds is 13. The van der Waals surface area contributed by atoms with E-state index in [1.165, 1.54) is 9.80 Å². The van der Waals surface area contributed by atoms with Crippen LogP contribution in [0.15, 0.2) is 61.6 Å². The van der Waals surface area contributed by atoms with Crippen LogP contribution in [0.5, 0.6) is 0 Å². The summed E-state index contributed by atoms with van der Waals surface area (Å²) in [6, 6.07) is 1.85. The molecule has 0 aliphatic carbocycles. The molecular weight excluding hydrogens is 474 g/mol. The number of thiol groups is 1. The number of likely N-dealkylation sites (N-methyl/N-ethyl adjacent to an activating group) is 1. The third kappa shape index (κ3) is 7.12. The molecule has 7 nitrogen and oxygen atoms in total. The van der Waals surface area contributed by atoms with E-state index in [0.717, 1.165) is 11.1 Å². The lowest BCUT2D eigenvalue weighted by atomic mass is 9.69. The van der Waals surface area contributed by atoms with Crippen molar-refractivity contribution < 1.29 is 19.1 Å². The van der Waals surface area contributed by atoms with E-state index in [-0.39, 0.29) is 18.4 Å². The van der Waals surface area contributed by atoms with Gasteiger partial charge in [0.1, 0.15) is 24.4 Å². The third-order valence-electron chi connectivity index (χ3n) is 6.51. The van der Waals surface area contributed by atoms with Crippen LogP contribution in [0.1, 0.15) is 58.4 Å². The van der Waals surface area contributed by atoms with Gasteiger partial charge in [-0.3, -0.25) is 14.5 Å². The van der Waals surface area contributed by atoms with Crippen molar-refractivity contribution in [1.82, 2.24) is 14.8 Å². The van der Waals surface area contributed by atoms with Crippen LogP contribution in [0, 0.1) is 5.41 Å². The fourth-order valence-corrected chi connectivity index (χ4v) is 4.40. The second kappa shape index (κ2) is 15.3. The lowest BCUT2D eigenvalue weighted by Gasteiger charge is -2.56. The highest BCUT2D eigenvalue weighted by Gasteiger charge is 2.59. The first-order valence-electron chi connectivity index (χ1n) is 12.3. The van der Waals surface area contributed by atoms with Crippen LogP contribution in [-0.4, -0.2) is 64.2 Å². The van der Waals surface area contributed by atoms with Crippen molar-refractivity contribution in [3.05, 3.63) is 67.2 Å². The van der Waals surface area contributed by atoms with Gasteiger partial charge in [-0.1, -0.05) is 44.7 Å². The van der Waals surface area contributed by atoms with Gasteiger partial charge in [-0.15, -0.1) is 6.58 Å². The molecule has 2 amide bonds. The zero-order valence-corrected chi connectivity index (χ0v) is 23.0. The number of hydrogen-bond acceptors (Lipinski definition) is 5. The van der Waals surface area contributed by atoms with Crippen LogP contribution in [0.2, 0.25) is 0 Å². The zero-order valence-electron chi connectivity index (χ0n) is 22.1. The molecule has 2 unspecified atom stereocenters. The Hall–Kier alpha value is -2.80. The molecule has 1 saturated heterocycles. The summed E-state index contributed by atoms with van der Waals surface area (Å²) in [4.78, 5) is 44.1. The van der Waals surface area contributed by atoms with Crippen molar-refractivity contribution >= 4 is 30.4 Å². The monoisotopic (exact) mass is 515 g/mol. The van der Waals surface area contributed by atoms with E-state index in [1.54, 1.807) is 24.5 Å². The molecule has 0 bridgehead atoms. The Balaban J connectivity index is 0.00000118. The van der Waals surface area contributed by atoms with Crippen LogP contribution in [0.25, 0.3) is 0 Å². The van der Waals surface area contributed by atoms with Gasteiger partial charge in [-0.05, 0) is 44.7 Å². The van der Waals surface area contributed by atoms with Gasteiger partial charge in [0.25, 0.3) is 0 Å². The van der Waals surface area contributed by atoms with Gasteiger partial charge in [-0.25, -0.2) is 4.79 Å². The minimum absolute atomic E-state index is 0.136. The van der Waals surface area contributed by atoms with Crippen LogP contribution < -0.4 is 0 Å². The standard InChI is InChI=1S/C23H33N3O4S.C5H8/c1-5-9-18(17-10-11-24-14-17)21(29)25(8-4)15-20(28)26-19(16-27)23(6-2,7-3)22(26)30-12-13-31;1-4-5(2)3/h5,10-11,14,18,22,24,31H,1,6-9,12-13,15H2,2-4H3;4H,1-2H2,3H3. The first kappa shape index (κ1) is 31.2. The number of amides is 2. The zero-order chi connectivity index (χ0) is 27.3. The number of nitrogens with one attached hydrogen (secondary N) is 1. The number of H-pyrrole nitrogens is 1. The smallest absolute Gasteiger partial charge is 0.249 e. The highest BCUT2D eigenvalue weighted by Crippen LogP contribution is 2.52. The van der Waals surface area contributed by atoms with Crippen LogP contribution >= 0.6 is 12.6 Å².